The monoisotopic (exact) mass is 590 g/mol. The SMILES string of the molecule is Cc1cccc(C)c1-c1cc2nc(n1)NS(=O)(=O)c1cccc(c1)C(=O)N(C1CC3(CC3)C1)[C@H](C(C)C(C)(C)O)CO2. The van der Waals surface area contributed by atoms with Crippen LogP contribution in [0.3, 0.4) is 0 Å². The van der Waals surface area contributed by atoms with Crippen molar-refractivity contribution in [3.8, 4) is 17.1 Å². The molecule has 0 saturated heterocycles. The number of hydrogen-bond donors (Lipinski definition) is 2. The summed E-state index contributed by atoms with van der Waals surface area (Å²) in [6, 6.07) is 13.1. The summed E-state index contributed by atoms with van der Waals surface area (Å²) < 4.78 is 35.9. The number of amides is 1. The number of aliphatic hydroxyl groups is 1. The fourth-order valence-electron chi connectivity index (χ4n) is 6.43. The Morgan fingerprint density at radius 1 is 1.07 bits per heavy atom. The molecule has 1 unspecified atom stereocenters. The Morgan fingerprint density at radius 2 is 1.74 bits per heavy atom. The van der Waals surface area contributed by atoms with Gasteiger partial charge in [-0.25, -0.2) is 18.1 Å². The second-order valence-corrected chi connectivity index (χ2v) is 14.6. The zero-order chi connectivity index (χ0) is 30.0. The van der Waals surface area contributed by atoms with Crippen LogP contribution in [-0.2, 0) is 10.0 Å². The number of carbonyl (C=O) groups is 1. The topological polar surface area (TPSA) is 122 Å². The third kappa shape index (κ3) is 5.26. The van der Waals surface area contributed by atoms with E-state index >= 15 is 0 Å². The Kier molecular flexibility index (Phi) is 6.85. The van der Waals surface area contributed by atoms with Crippen molar-refractivity contribution in [3.63, 3.8) is 0 Å². The van der Waals surface area contributed by atoms with E-state index < -0.39 is 21.7 Å². The Morgan fingerprint density at radius 3 is 2.38 bits per heavy atom. The van der Waals surface area contributed by atoms with Crippen molar-refractivity contribution in [2.24, 2.45) is 11.3 Å². The molecule has 222 valence electrons. The van der Waals surface area contributed by atoms with Crippen molar-refractivity contribution >= 4 is 21.9 Å². The third-order valence-corrected chi connectivity index (χ3v) is 10.8. The lowest BCUT2D eigenvalue weighted by molar-refractivity contribution is -0.0527. The molecule has 2 aliphatic carbocycles. The number of hydrogen-bond acceptors (Lipinski definition) is 7. The van der Waals surface area contributed by atoms with Crippen molar-refractivity contribution in [1.82, 2.24) is 14.9 Å². The lowest BCUT2D eigenvalue weighted by atomic mass is 9.74. The highest BCUT2D eigenvalue weighted by Gasteiger charge is 2.57. The molecule has 2 aromatic carbocycles. The van der Waals surface area contributed by atoms with E-state index in [0.29, 0.717) is 11.1 Å². The summed E-state index contributed by atoms with van der Waals surface area (Å²) in [6.45, 7) is 9.41. The average Bonchev–Trinajstić information content (AvgIpc) is 3.70. The van der Waals surface area contributed by atoms with Gasteiger partial charge in [-0.1, -0.05) is 31.2 Å². The van der Waals surface area contributed by atoms with Crippen molar-refractivity contribution in [2.75, 3.05) is 11.3 Å². The van der Waals surface area contributed by atoms with Gasteiger partial charge in [-0.05, 0) is 88.1 Å². The molecule has 0 radical (unpaired) electrons. The molecule has 42 heavy (non-hydrogen) atoms. The van der Waals surface area contributed by atoms with Crippen molar-refractivity contribution in [2.45, 2.75) is 82.9 Å². The van der Waals surface area contributed by atoms with Crippen LogP contribution < -0.4 is 9.46 Å². The number of aryl methyl sites for hydroxylation is 2. The molecular formula is C32H38N4O5S. The predicted molar refractivity (Wildman–Crippen MR) is 160 cm³/mol. The number of carbonyl (C=O) groups excluding carboxylic acids is 1. The van der Waals surface area contributed by atoms with Gasteiger partial charge in [0.1, 0.15) is 6.61 Å². The minimum atomic E-state index is -4.13. The summed E-state index contributed by atoms with van der Waals surface area (Å²) >= 11 is 0. The number of benzene rings is 2. The van der Waals surface area contributed by atoms with E-state index in [2.05, 4.69) is 14.7 Å². The zero-order valence-corrected chi connectivity index (χ0v) is 25.5. The Balaban J connectivity index is 1.51. The molecule has 1 aromatic heterocycles. The molecule has 1 spiro atoms. The maximum absolute atomic E-state index is 14.3. The Labute approximate surface area is 247 Å². The first kappa shape index (κ1) is 28.6. The van der Waals surface area contributed by atoms with Gasteiger partial charge in [0.2, 0.25) is 11.8 Å². The minimum Gasteiger partial charge on any atom is -0.475 e. The molecule has 2 saturated carbocycles. The van der Waals surface area contributed by atoms with E-state index in [9.17, 15) is 18.3 Å². The van der Waals surface area contributed by atoms with Crippen LogP contribution in [0, 0.1) is 25.2 Å². The summed E-state index contributed by atoms with van der Waals surface area (Å²) in [5.41, 5.74) is 2.80. The number of sulfonamides is 1. The molecule has 2 N–H and O–H groups in total. The van der Waals surface area contributed by atoms with Crippen molar-refractivity contribution in [3.05, 3.63) is 65.2 Å². The molecule has 2 atom stereocenters. The van der Waals surface area contributed by atoms with Gasteiger partial charge in [-0.15, -0.1) is 0 Å². The maximum Gasteiger partial charge on any atom is 0.264 e. The second kappa shape index (κ2) is 10.1. The first-order valence-electron chi connectivity index (χ1n) is 14.5. The number of nitrogens with zero attached hydrogens (tertiary/aromatic N) is 3. The van der Waals surface area contributed by atoms with E-state index in [1.54, 1.807) is 32.0 Å². The largest absolute Gasteiger partial charge is 0.475 e. The Hall–Kier alpha value is -3.50. The third-order valence-electron chi connectivity index (χ3n) is 9.43. The molecule has 3 aliphatic rings. The van der Waals surface area contributed by atoms with E-state index in [-0.39, 0.29) is 46.8 Å². The molecule has 4 bridgehead atoms. The number of aromatic nitrogens is 2. The normalized spacial score (nSPS) is 22.1. The molecule has 9 nitrogen and oxygen atoms in total. The van der Waals surface area contributed by atoms with Crippen LogP contribution in [0.5, 0.6) is 5.88 Å². The highest BCUT2D eigenvalue weighted by atomic mass is 32.2. The molecular weight excluding hydrogens is 552 g/mol. The molecule has 3 aromatic rings. The van der Waals surface area contributed by atoms with Gasteiger partial charge in [0, 0.05) is 29.2 Å². The summed E-state index contributed by atoms with van der Waals surface area (Å²) in [5.74, 6) is -0.587. The van der Waals surface area contributed by atoms with Crippen LogP contribution in [0.4, 0.5) is 5.95 Å². The lowest BCUT2D eigenvalue weighted by Crippen LogP contribution is -2.59. The van der Waals surface area contributed by atoms with E-state index in [4.69, 9.17) is 4.74 Å². The molecule has 2 heterocycles. The second-order valence-electron chi connectivity index (χ2n) is 12.9. The lowest BCUT2D eigenvalue weighted by Gasteiger charge is -2.50. The van der Waals surface area contributed by atoms with Gasteiger partial charge in [-0.2, -0.15) is 4.98 Å². The van der Waals surface area contributed by atoms with Gasteiger partial charge in [0.05, 0.1) is 22.2 Å². The van der Waals surface area contributed by atoms with E-state index in [1.807, 2.05) is 43.9 Å². The average molecular weight is 591 g/mol. The minimum absolute atomic E-state index is 0.0342. The van der Waals surface area contributed by atoms with Gasteiger partial charge in [-0.3, -0.25) is 4.79 Å². The standard InChI is InChI=1S/C32H38N4O5S/c1-19-8-6-9-20(2)28(19)25-15-27-34-30(33-25)35-42(39,40)24-11-7-10-22(14-24)29(37)36(23-16-32(17-23)12-13-32)26(18-41-27)21(3)31(4,5)38/h6-11,14-15,21,23,26,38H,12-13,16-18H2,1-5H3,(H,33,34,35)/t21?,26-/m0/s1. The van der Waals surface area contributed by atoms with Crippen molar-refractivity contribution in [1.29, 1.82) is 0 Å². The number of fused-ring (bicyclic) bond motifs is 4. The summed E-state index contributed by atoms with van der Waals surface area (Å²) in [7, 11) is -4.13. The smallest absolute Gasteiger partial charge is 0.264 e. The quantitative estimate of drug-likeness (QED) is 0.433. The number of rotatable bonds is 4. The highest BCUT2D eigenvalue weighted by Crippen LogP contribution is 2.62. The predicted octanol–water partition coefficient (Wildman–Crippen LogP) is 5.11. The fraction of sp³-hybridized carbons (Fsp3) is 0.469. The number of nitrogens with one attached hydrogen (secondary N) is 1. The number of anilines is 1. The van der Waals surface area contributed by atoms with Gasteiger partial charge in [0.15, 0.2) is 0 Å². The summed E-state index contributed by atoms with van der Waals surface area (Å²) in [6.07, 6.45) is 4.11. The molecule has 10 heteroatoms. The number of ether oxygens (including phenoxy) is 1. The maximum atomic E-state index is 14.3. The van der Waals surface area contributed by atoms with Gasteiger partial charge in [0.25, 0.3) is 15.9 Å². The van der Waals surface area contributed by atoms with Crippen LogP contribution in [0.25, 0.3) is 11.3 Å². The van der Waals surface area contributed by atoms with E-state index in [0.717, 1.165) is 42.4 Å². The van der Waals surface area contributed by atoms with Crippen molar-refractivity contribution < 1.29 is 23.1 Å². The van der Waals surface area contributed by atoms with Crippen LogP contribution in [0.2, 0.25) is 0 Å². The molecule has 1 amide bonds. The van der Waals surface area contributed by atoms with Crippen LogP contribution >= 0.6 is 0 Å². The fourth-order valence-corrected chi connectivity index (χ4v) is 7.42. The first-order chi connectivity index (χ1) is 19.8. The van der Waals surface area contributed by atoms with Crippen LogP contribution in [0.15, 0.2) is 53.4 Å². The van der Waals surface area contributed by atoms with Crippen LogP contribution in [-0.4, -0.2) is 58.6 Å². The first-order valence-corrected chi connectivity index (χ1v) is 16.0. The zero-order valence-electron chi connectivity index (χ0n) is 24.7. The summed E-state index contributed by atoms with van der Waals surface area (Å²) in [4.78, 5) is 25.1. The van der Waals surface area contributed by atoms with Crippen LogP contribution in [0.1, 0.15) is 67.9 Å². The Bertz CT molecular complexity index is 1630. The molecule has 1 aliphatic heterocycles. The van der Waals surface area contributed by atoms with Gasteiger partial charge >= 0.3 is 0 Å². The highest BCUT2D eigenvalue weighted by molar-refractivity contribution is 7.92. The van der Waals surface area contributed by atoms with E-state index in [1.165, 1.54) is 12.1 Å². The molecule has 6 rings (SSSR count). The summed E-state index contributed by atoms with van der Waals surface area (Å²) in [5, 5.41) is 11.2. The van der Waals surface area contributed by atoms with Gasteiger partial charge < -0.3 is 14.7 Å². The molecule has 2 fully saturated rings.